The Bertz CT molecular complexity index is 1180. The predicted octanol–water partition coefficient (Wildman–Crippen LogP) is 3.06. The second-order valence-electron chi connectivity index (χ2n) is 10.4. The van der Waals surface area contributed by atoms with Gasteiger partial charge >= 0.3 is 6.09 Å². The normalized spacial score (nSPS) is 19.5. The van der Waals surface area contributed by atoms with Crippen molar-refractivity contribution in [3.63, 3.8) is 0 Å². The van der Waals surface area contributed by atoms with Gasteiger partial charge in [0, 0.05) is 61.5 Å². The number of dihydropyridines is 2. The zero-order chi connectivity index (χ0) is 27.3. The molecule has 37 heavy (non-hydrogen) atoms. The molecule has 10 heteroatoms. The van der Waals surface area contributed by atoms with E-state index in [1.54, 1.807) is 24.2 Å². The van der Waals surface area contributed by atoms with E-state index in [4.69, 9.17) is 21.6 Å². The number of hydrogen-bond acceptors (Lipinski definition) is 8. The van der Waals surface area contributed by atoms with Gasteiger partial charge < -0.3 is 37.1 Å². The van der Waals surface area contributed by atoms with Crippen molar-refractivity contribution in [3.05, 3.63) is 70.1 Å². The van der Waals surface area contributed by atoms with Crippen LogP contribution in [0.15, 0.2) is 80.1 Å². The minimum atomic E-state index is -0.540. The molecule has 1 saturated heterocycles. The first-order valence-corrected chi connectivity index (χ1v) is 12.3. The van der Waals surface area contributed by atoms with Crippen molar-refractivity contribution in [2.45, 2.75) is 40.2 Å². The van der Waals surface area contributed by atoms with Crippen molar-refractivity contribution in [2.75, 3.05) is 20.1 Å². The number of fused-ring (bicyclic) bond motifs is 1. The Hall–Kier alpha value is -4.08. The number of carbonyl (C=O) groups is 1. The second-order valence-corrected chi connectivity index (χ2v) is 10.4. The van der Waals surface area contributed by atoms with Crippen LogP contribution in [0.4, 0.5) is 4.79 Å². The molecule has 1 amide bonds. The van der Waals surface area contributed by atoms with Gasteiger partial charge in [-0.05, 0) is 56.6 Å². The van der Waals surface area contributed by atoms with Crippen LogP contribution >= 0.6 is 0 Å². The summed E-state index contributed by atoms with van der Waals surface area (Å²) >= 11 is 0. The monoisotopic (exact) mass is 506 g/mol. The summed E-state index contributed by atoms with van der Waals surface area (Å²) in [6, 6.07) is 0. The van der Waals surface area contributed by atoms with Gasteiger partial charge in [-0.3, -0.25) is 4.99 Å². The van der Waals surface area contributed by atoms with Crippen LogP contribution in [-0.4, -0.2) is 55.0 Å². The lowest BCUT2D eigenvalue weighted by molar-refractivity contribution is 0.00351. The van der Waals surface area contributed by atoms with Gasteiger partial charge in [-0.25, -0.2) is 9.79 Å². The average molecular weight is 507 g/mol. The first-order chi connectivity index (χ1) is 17.4. The first-order valence-electron chi connectivity index (χ1n) is 12.3. The van der Waals surface area contributed by atoms with Crippen LogP contribution < -0.4 is 22.1 Å². The molecule has 0 radical (unpaired) electrons. The topological polar surface area (TPSA) is 154 Å². The first kappa shape index (κ1) is 27.5. The molecule has 0 spiro atoms. The molecule has 1 fully saturated rings. The van der Waals surface area contributed by atoms with Crippen molar-refractivity contribution in [3.8, 4) is 0 Å². The largest absolute Gasteiger partial charge is 0.444 e. The highest BCUT2D eigenvalue weighted by atomic mass is 16.6. The summed E-state index contributed by atoms with van der Waals surface area (Å²) in [6.45, 7) is 10.5. The van der Waals surface area contributed by atoms with Gasteiger partial charge in [-0.2, -0.15) is 0 Å². The zero-order valence-electron chi connectivity index (χ0n) is 22.4. The number of allylic oxidation sites excluding steroid dienone is 6. The molecule has 0 bridgehead atoms. The number of nitrogens with one attached hydrogen (secondary N) is 3. The van der Waals surface area contributed by atoms with E-state index in [0.29, 0.717) is 30.4 Å². The Morgan fingerprint density at radius 1 is 1.24 bits per heavy atom. The summed E-state index contributed by atoms with van der Waals surface area (Å²) in [5, 5.41) is 14.1. The number of amides is 1. The summed E-state index contributed by atoms with van der Waals surface area (Å²) in [7, 11) is 1.70. The Morgan fingerprint density at radius 2 is 1.95 bits per heavy atom. The third-order valence-corrected chi connectivity index (χ3v) is 5.89. The van der Waals surface area contributed by atoms with E-state index in [2.05, 4.69) is 20.6 Å². The Kier molecular flexibility index (Phi) is 8.42. The molecule has 0 aliphatic carbocycles. The number of aliphatic imine (C=N–C) groups is 2. The fraction of sp³-hybridized carbons (Fsp3) is 0.407. The lowest BCUT2D eigenvalue weighted by Crippen LogP contribution is -2.53. The zero-order valence-corrected chi connectivity index (χ0v) is 22.4. The number of amidine groups is 1. The molecule has 0 saturated carbocycles. The highest BCUT2D eigenvalue weighted by molar-refractivity contribution is 5.97. The maximum atomic E-state index is 12.3. The average Bonchev–Trinajstić information content (AvgIpc) is 2.78. The van der Waals surface area contributed by atoms with Crippen molar-refractivity contribution < 1.29 is 9.53 Å². The number of ether oxygens (including phenoxy) is 1. The molecule has 0 aromatic carbocycles. The highest BCUT2D eigenvalue weighted by Crippen LogP contribution is 2.29. The summed E-state index contributed by atoms with van der Waals surface area (Å²) < 4.78 is 5.45. The highest BCUT2D eigenvalue weighted by Gasteiger charge is 2.36. The molecule has 0 aromatic rings. The molecular formula is C27H38N8O2. The maximum absolute atomic E-state index is 12.3. The Labute approximate surface area is 218 Å². The van der Waals surface area contributed by atoms with Gasteiger partial charge in [0.2, 0.25) is 0 Å². The van der Waals surface area contributed by atoms with E-state index in [0.717, 1.165) is 28.1 Å². The van der Waals surface area contributed by atoms with Gasteiger partial charge in [-0.1, -0.05) is 13.8 Å². The third kappa shape index (κ3) is 6.99. The molecule has 3 heterocycles. The molecule has 10 nitrogen and oxygen atoms in total. The van der Waals surface area contributed by atoms with Crippen LogP contribution in [0, 0.1) is 17.2 Å². The lowest BCUT2D eigenvalue weighted by atomic mass is 9.90. The van der Waals surface area contributed by atoms with E-state index in [1.165, 1.54) is 6.21 Å². The molecular weight excluding hydrogens is 468 g/mol. The van der Waals surface area contributed by atoms with Crippen LogP contribution in [0.3, 0.4) is 0 Å². The molecule has 0 atom stereocenters. The standard InChI is InChI=1S/C27H38N8O2/c1-16(2)17(11-28)10-23(29)34-24-8-7-21-22(33-24)9-18(12-32-21)20(13-31-6)25(30)19-14-35(15-19)26(36)37-27(3,4)5/h7-13,16,19,28,32-33H,14-15,30H2,1-6H3,(H2,29,34). The second kappa shape index (κ2) is 11.3. The van der Waals surface area contributed by atoms with Crippen molar-refractivity contribution in [2.24, 2.45) is 33.3 Å². The quantitative estimate of drug-likeness (QED) is 0.264. The summed E-state index contributed by atoms with van der Waals surface area (Å²) in [5.74, 6) is 1.07. The van der Waals surface area contributed by atoms with E-state index >= 15 is 0 Å². The SMILES string of the molecule is CN=CC(C1=CNC2=CC=C(N=C(N)C=C(C=N)C(C)C)NC2=C1)=C(N)C1CN(C(=O)OC(C)(C)C)C1. The number of nitrogens with two attached hydrogens (primary N) is 2. The Morgan fingerprint density at radius 3 is 2.54 bits per heavy atom. The van der Waals surface area contributed by atoms with Crippen LogP contribution in [0.25, 0.3) is 0 Å². The van der Waals surface area contributed by atoms with Crippen LogP contribution in [-0.2, 0) is 4.74 Å². The van der Waals surface area contributed by atoms with Gasteiger partial charge in [0.1, 0.15) is 17.3 Å². The van der Waals surface area contributed by atoms with E-state index in [-0.39, 0.29) is 17.9 Å². The third-order valence-electron chi connectivity index (χ3n) is 5.89. The molecule has 3 aliphatic rings. The van der Waals surface area contributed by atoms with Crippen LogP contribution in [0.5, 0.6) is 0 Å². The van der Waals surface area contributed by atoms with Crippen molar-refractivity contribution in [1.82, 2.24) is 15.5 Å². The molecule has 7 N–H and O–H groups in total. The molecule has 3 aliphatic heterocycles. The molecule has 198 valence electrons. The van der Waals surface area contributed by atoms with Crippen molar-refractivity contribution in [1.29, 1.82) is 5.41 Å². The van der Waals surface area contributed by atoms with E-state index in [9.17, 15) is 4.79 Å². The number of likely N-dealkylation sites (tertiary alicyclic amines) is 1. The fourth-order valence-electron chi connectivity index (χ4n) is 3.84. The fourth-order valence-corrected chi connectivity index (χ4v) is 3.84. The van der Waals surface area contributed by atoms with Gasteiger partial charge in [-0.15, -0.1) is 0 Å². The number of carbonyl (C=O) groups excluding carboxylic acids is 1. The van der Waals surface area contributed by atoms with Gasteiger partial charge in [0.15, 0.2) is 0 Å². The lowest BCUT2D eigenvalue weighted by Gasteiger charge is -2.40. The number of hydrogen-bond donors (Lipinski definition) is 5. The van der Waals surface area contributed by atoms with Gasteiger partial charge in [0.25, 0.3) is 0 Å². The van der Waals surface area contributed by atoms with E-state index in [1.807, 2.05) is 59.0 Å². The Balaban J connectivity index is 1.77. The molecule has 0 unspecified atom stereocenters. The minimum Gasteiger partial charge on any atom is -0.444 e. The summed E-state index contributed by atoms with van der Waals surface area (Å²) in [5.41, 5.74) is 16.9. The number of rotatable bonds is 7. The smallest absolute Gasteiger partial charge is 0.410 e. The molecule has 0 aromatic heterocycles. The van der Waals surface area contributed by atoms with E-state index < -0.39 is 5.60 Å². The summed E-state index contributed by atoms with van der Waals surface area (Å²) in [6.07, 6.45) is 12.0. The maximum Gasteiger partial charge on any atom is 0.410 e. The van der Waals surface area contributed by atoms with Crippen LogP contribution in [0.2, 0.25) is 0 Å². The predicted molar refractivity (Wildman–Crippen MR) is 149 cm³/mol. The number of nitrogens with zero attached hydrogens (tertiary/aromatic N) is 3. The summed E-state index contributed by atoms with van der Waals surface area (Å²) in [4.78, 5) is 22.6. The minimum absolute atomic E-state index is 0.00621. The van der Waals surface area contributed by atoms with Gasteiger partial charge in [0.05, 0.1) is 11.4 Å². The van der Waals surface area contributed by atoms with Crippen LogP contribution in [0.1, 0.15) is 34.6 Å². The molecule has 3 rings (SSSR count). The van der Waals surface area contributed by atoms with Crippen molar-refractivity contribution >= 4 is 24.4 Å².